The van der Waals surface area contributed by atoms with Crippen molar-refractivity contribution in [3.8, 4) is 0 Å². The molecule has 0 radical (unpaired) electrons. The van der Waals surface area contributed by atoms with Crippen LogP contribution < -0.4 is 5.48 Å². The number of rotatable bonds is 3. The summed E-state index contributed by atoms with van der Waals surface area (Å²) in [6, 6.07) is 0. The number of hydrogen-bond acceptors (Lipinski definition) is 6. The van der Waals surface area contributed by atoms with Gasteiger partial charge in [-0.3, -0.25) is 0 Å². The fourth-order valence-corrected chi connectivity index (χ4v) is 2.47. The summed E-state index contributed by atoms with van der Waals surface area (Å²) in [7, 11) is 0. The first-order valence-corrected chi connectivity index (χ1v) is 6.03. The van der Waals surface area contributed by atoms with Gasteiger partial charge in [0.25, 0.3) is 0 Å². The molecular formula is C11H19NO5. The zero-order chi connectivity index (χ0) is 12.4. The second-order valence-corrected chi connectivity index (χ2v) is 4.52. The van der Waals surface area contributed by atoms with Crippen LogP contribution in [0.3, 0.4) is 0 Å². The average Bonchev–Trinajstić information content (AvgIpc) is 2.80. The number of nitrogens with one attached hydrogen (secondary N) is 1. The molecule has 2 rings (SSSR count). The second-order valence-electron chi connectivity index (χ2n) is 4.52. The van der Waals surface area contributed by atoms with E-state index in [2.05, 4.69) is 5.48 Å². The van der Waals surface area contributed by atoms with Gasteiger partial charge in [-0.05, 0) is 19.8 Å². The molecule has 2 N–H and O–H groups in total. The topological polar surface area (TPSA) is 77.0 Å². The van der Waals surface area contributed by atoms with Crippen LogP contribution in [-0.2, 0) is 19.0 Å². The van der Waals surface area contributed by atoms with Crippen LogP contribution in [0.5, 0.6) is 0 Å². The molecule has 1 spiro atoms. The van der Waals surface area contributed by atoms with E-state index in [-0.39, 0.29) is 0 Å². The average molecular weight is 245 g/mol. The van der Waals surface area contributed by atoms with Crippen molar-refractivity contribution in [2.24, 2.45) is 0 Å². The molecule has 17 heavy (non-hydrogen) atoms. The fourth-order valence-electron chi connectivity index (χ4n) is 2.47. The van der Waals surface area contributed by atoms with E-state index in [0.29, 0.717) is 45.5 Å². The third kappa shape index (κ3) is 2.30. The van der Waals surface area contributed by atoms with Gasteiger partial charge in [-0.2, -0.15) is 5.48 Å². The highest BCUT2D eigenvalue weighted by Crippen LogP contribution is 2.40. The van der Waals surface area contributed by atoms with Gasteiger partial charge in [-0.1, -0.05) is 0 Å². The van der Waals surface area contributed by atoms with Gasteiger partial charge in [-0.15, -0.1) is 0 Å². The molecule has 1 heterocycles. The van der Waals surface area contributed by atoms with Gasteiger partial charge in [0.15, 0.2) is 5.79 Å². The van der Waals surface area contributed by atoms with Gasteiger partial charge in [0.1, 0.15) is 5.54 Å². The first-order chi connectivity index (χ1) is 8.16. The molecule has 6 nitrogen and oxygen atoms in total. The molecule has 0 aromatic heterocycles. The highest BCUT2D eigenvalue weighted by molar-refractivity contribution is 5.80. The smallest absolute Gasteiger partial charge is 0.328 e. The molecule has 0 aromatic carbocycles. The summed E-state index contributed by atoms with van der Waals surface area (Å²) < 4.78 is 16.1. The Morgan fingerprint density at radius 3 is 2.35 bits per heavy atom. The van der Waals surface area contributed by atoms with E-state index in [9.17, 15) is 10.0 Å². The van der Waals surface area contributed by atoms with Gasteiger partial charge >= 0.3 is 5.97 Å². The zero-order valence-corrected chi connectivity index (χ0v) is 10.0. The fraction of sp³-hybridized carbons (Fsp3) is 0.909. The van der Waals surface area contributed by atoms with Gasteiger partial charge in [0.05, 0.1) is 19.8 Å². The van der Waals surface area contributed by atoms with Crippen LogP contribution >= 0.6 is 0 Å². The van der Waals surface area contributed by atoms with Crippen LogP contribution in [0.15, 0.2) is 0 Å². The number of hydroxylamine groups is 1. The molecule has 6 heteroatoms. The summed E-state index contributed by atoms with van der Waals surface area (Å²) in [6.07, 6.45) is 2.06. The first kappa shape index (κ1) is 12.8. The van der Waals surface area contributed by atoms with Gasteiger partial charge < -0.3 is 19.4 Å². The van der Waals surface area contributed by atoms with Crippen molar-refractivity contribution in [1.82, 2.24) is 5.48 Å². The number of ether oxygens (including phenoxy) is 3. The predicted octanol–water partition coefficient (Wildman–Crippen LogP) is 0.584. The van der Waals surface area contributed by atoms with Crippen molar-refractivity contribution in [2.45, 2.75) is 43.9 Å². The Bertz CT molecular complexity index is 278. The van der Waals surface area contributed by atoms with E-state index in [4.69, 9.17) is 14.2 Å². The molecule has 1 aliphatic carbocycles. The molecule has 0 aromatic rings. The summed E-state index contributed by atoms with van der Waals surface area (Å²) in [5, 5.41) is 9.24. The number of hydrogen-bond donors (Lipinski definition) is 2. The van der Waals surface area contributed by atoms with Gasteiger partial charge in [-0.25, -0.2) is 4.79 Å². The first-order valence-electron chi connectivity index (χ1n) is 6.03. The minimum Gasteiger partial charge on any atom is -0.465 e. The van der Waals surface area contributed by atoms with Gasteiger partial charge in [0, 0.05) is 12.8 Å². The highest BCUT2D eigenvalue weighted by Gasteiger charge is 2.50. The monoisotopic (exact) mass is 245 g/mol. The number of esters is 1. The van der Waals surface area contributed by atoms with E-state index in [1.807, 2.05) is 0 Å². The molecule has 2 aliphatic rings. The summed E-state index contributed by atoms with van der Waals surface area (Å²) >= 11 is 0. The molecule has 1 aliphatic heterocycles. The molecule has 2 fully saturated rings. The van der Waals surface area contributed by atoms with Crippen LogP contribution in [-0.4, -0.2) is 42.3 Å². The standard InChI is InChI=1S/C11H19NO5/c1-2-15-9(13)10(12-14)3-5-11(6-4-10)16-7-8-17-11/h12,14H,2-8H2,1H3. The molecule has 0 bridgehead atoms. The van der Waals surface area contributed by atoms with Crippen LogP contribution in [0.2, 0.25) is 0 Å². The van der Waals surface area contributed by atoms with E-state index in [0.717, 1.165) is 0 Å². The number of carbonyl (C=O) groups is 1. The van der Waals surface area contributed by atoms with E-state index in [1.54, 1.807) is 6.92 Å². The van der Waals surface area contributed by atoms with E-state index in [1.165, 1.54) is 0 Å². The molecule has 98 valence electrons. The predicted molar refractivity (Wildman–Crippen MR) is 57.4 cm³/mol. The molecule has 1 saturated carbocycles. The van der Waals surface area contributed by atoms with E-state index >= 15 is 0 Å². The third-order valence-electron chi connectivity index (χ3n) is 3.56. The molecular weight excluding hydrogens is 226 g/mol. The quantitative estimate of drug-likeness (QED) is 0.559. The zero-order valence-electron chi connectivity index (χ0n) is 10.0. The van der Waals surface area contributed by atoms with E-state index < -0.39 is 17.3 Å². The van der Waals surface area contributed by atoms with Crippen LogP contribution in [0.4, 0.5) is 0 Å². The Hall–Kier alpha value is -0.690. The summed E-state index contributed by atoms with van der Waals surface area (Å²) in [6.45, 7) is 3.24. The maximum absolute atomic E-state index is 11.8. The second kappa shape index (κ2) is 4.89. The molecule has 0 amide bonds. The van der Waals surface area contributed by atoms with Crippen LogP contribution in [0, 0.1) is 0 Å². The van der Waals surface area contributed by atoms with Crippen molar-refractivity contribution >= 4 is 5.97 Å². The molecule has 1 saturated heterocycles. The summed E-state index contributed by atoms with van der Waals surface area (Å²) in [5.41, 5.74) is 1.12. The Morgan fingerprint density at radius 2 is 1.88 bits per heavy atom. The van der Waals surface area contributed by atoms with Crippen LogP contribution in [0.1, 0.15) is 32.6 Å². The Kier molecular flexibility index (Phi) is 3.67. The third-order valence-corrected chi connectivity index (χ3v) is 3.56. The van der Waals surface area contributed by atoms with Crippen LogP contribution in [0.25, 0.3) is 0 Å². The summed E-state index contributed by atoms with van der Waals surface area (Å²) in [4.78, 5) is 11.8. The highest BCUT2D eigenvalue weighted by atomic mass is 16.7. The lowest BCUT2D eigenvalue weighted by Gasteiger charge is -2.40. The Balaban J connectivity index is 2.01. The SMILES string of the molecule is CCOC(=O)C1(NO)CCC2(CC1)OCCO2. The van der Waals surface area contributed by atoms with Crippen molar-refractivity contribution in [3.05, 3.63) is 0 Å². The minimum absolute atomic E-state index is 0.306. The molecule has 0 atom stereocenters. The lowest BCUT2D eigenvalue weighted by Crippen LogP contribution is -2.56. The minimum atomic E-state index is -1.00. The van der Waals surface area contributed by atoms with Gasteiger partial charge in [0.2, 0.25) is 0 Å². The lowest BCUT2D eigenvalue weighted by atomic mass is 9.79. The van der Waals surface area contributed by atoms with Crippen molar-refractivity contribution in [3.63, 3.8) is 0 Å². The summed E-state index contributed by atoms with van der Waals surface area (Å²) in [5.74, 6) is -0.956. The normalized spacial score (nSPS) is 26.0. The van der Waals surface area contributed by atoms with Crippen molar-refractivity contribution < 1.29 is 24.2 Å². The van der Waals surface area contributed by atoms with Crippen molar-refractivity contribution in [1.29, 1.82) is 0 Å². The lowest BCUT2D eigenvalue weighted by molar-refractivity contribution is -0.199. The Labute approximate surface area is 100 Å². The maximum atomic E-state index is 11.8. The number of carbonyl (C=O) groups excluding carboxylic acids is 1. The maximum Gasteiger partial charge on any atom is 0.328 e. The molecule has 0 unspecified atom stereocenters. The Morgan fingerprint density at radius 1 is 1.29 bits per heavy atom. The largest absolute Gasteiger partial charge is 0.465 e. The van der Waals surface area contributed by atoms with Crippen molar-refractivity contribution in [2.75, 3.05) is 19.8 Å².